The van der Waals surface area contributed by atoms with E-state index in [1.54, 1.807) is 34.8 Å². The molecule has 0 unspecified atom stereocenters. The van der Waals surface area contributed by atoms with E-state index in [4.69, 9.17) is 9.47 Å². The Morgan fingerprint density at radius 2 is 1.97 bits per heavy atom. The van der Waals surface area contributed by atoms with Crippen LogP contribution in [0.3, 0.4) is 0 Å². The lowest BCUT2D eigenvalue weighted by Gasteiger charge is -2.36. The number of anilines is 2. The minimum atomic E-state index is -0.529. The van der Waals surface area contributed by atoms with Gasteiger partial charge in [0.2, 0.25) is 5.91 Å². The van der Waals surface area contributed by atoms with E-state index in [-0.39, 0.29) is 31.3 Å². The first-order valence-electron chi connectivity index (χ1n) is 12.2. The molecular weight excluding hydrogens is 471 g/mol. The number of aromatic nitrogens is 3. The number of aryl methyl sites for hydroxylation is 1. The van der Waals surface area contributed by atoms with E-state index < -0.39 is 18.0 Å². The molecule has 1 aromatic carbocycles. The average Bonchev–Trinajstić information content (AvgIpc) is 3.43. The third-order valence-corrected chi connectivity index (χ3v) is 6.21. The second-order valence-corrected chi connectivity index (χ2v) is 8.86. The van der Waals surface area contributed by atoms with Gasteiger partial charge < -0.3 is 19.3 Å². The molecule has 2 fully saturated rings. The first-order valence-corrected chi connectivity index (χ1v) is 12.2. The predicted molar refractivity (Wildman–Crippen MR) is 128 cm³/mol. The van der Waals surface area contributed by atoms with Crippen LogP contribution < -0.4 is 9.80 Å². The van der Waals surface area contributed by atoms with E-state index in [0.29, 0.717) is 57.1 Å². The molecule has 0 aliphatic carbocycles. The van der Waals surface area contributed by atoms with Gasteiger partial charge in [0.15, 0.2) is 0 Å². The summed E-state index contributed by atoms with van der Waals surface area (Å²) in [7, 11) is 0. The molecule has 11 nitrogen and oxygen atoms in total. The number of nitrogens with zero attached hydrogens (tertiary/aromatic N) is 6. The smallest absolute Gasteiger partial charge is 0.414 e. The molecule has 0 radical (unpaired) electrons. The highest BCUT2D eigenvalue weighted by Crippen LogP contribution is 2.29. The van der Waals surface area contributed by atoms with Crippen molar-refractivity contribution in [3.8, 4) is 0 Å². The number of carbonyl (C=O) groups is 3. The number of piperazine rings is 1. The van der Waals surface area contributed by atoms with Gasteiger partial charge in [-0.3, -0.25) is 14.5 Å². The molecule has 1 aromatic heterocycles. The molecule has 0 saturated carbocycles. The van der Waals surface area contributed by atoms with Crippen LogP contribution in [-0.2, 0) is 25.6 Å². The lowest BCUT2D eigenvalue weighted by molar-refractivity contribution is -0.143. The first-order chi connectivity index (χ1) is 17.3. The molecule has 2 aliphatic heterocycles. The van der Waals surface area contributed by atoms with Gasteiger partial charge in [-0.1, -0.05) is 5.21 Å². The van der Waals surface area contributed by atoms with Gasteiger partial charge in [0.05, 0.1) is 36.8 Å². The third kappa shape index (κ3) is 6.10. The molecule has 2 aromatic rings. The molecule has 4 rings (SSSR count). The number of benzene rings is 1. The zero-order valence-corrected chi connectivity index (χ0v) is 20.6. The van der Waals surface area contributed by atoms with Crippen molar-refractivity contribution >= 4 is 29.3 Å². The van der Waals surface area contributed by atoms with Gasteiger partial charge in [-0.2, -0.15) is 0 Å². The number of rotatable bonds is 9. The molecule has 12 heteroatoms. The van der Waals surface area contributed by atoms with Crippen LogP contribution in [0.25, 0.3) is 0 Å². The largest absolute Gasteiger partial charge is 0.466 e. The molecule has 0 N–H and O–H groups in total. The fraction of sp³-hybridized carbons (Fsp3) is 0.542. The number of hydrogen-bond donors (Lipinski definition) is 0. The van der Waals surface area contributed by atoms with Crippen LogP contribution in [0.4, 0.5) is 20.6 Å². The van der Waals surface area contributed by atoms with Gasteiger partial charge >= 0.3 is 12.1 Å². The van der Waals surface area contributed by atoms with Crippen LogP contribution in [0.1, 0.15) is 31.9 Å². The van der Waals surface area contributed by atoms with Crippen LogP contribution in [0.5, 0.6) is 0 Å². The van der Waals surface area contributed by atoms with E-state index in [0.717, 1.165) is 5.69 Å². The highest BCUT2D eigenvalue weighted by atomic mass is 19.1. The van der Waals surface area contributed by atoms with Crippen LogP contribution in [0, 0.1) is 12.7 Å². The summed E-state index contributed by atoms with van der Waals surface area (Å²) in [6.45, 7) is 6.49. The number of amides is 2. The maximum absolute atomic E-state index is 15.1. The van der Waals surface area contributed by atoms with Crippen LogP contribution in [-0.4, -0.2) is 83.3 Å². The topological polar surface area (TPSA) is 110 Å². The van der Waals surface area contributed by atoms with E-state index in [1.807, 2.05) is 11.8 Å². The number of cyclic esters (lactones) is 1. The maximum atomic E-state index is 15.1. The zero-order chi connectivity index (χ0) is 25.7. The van der Waals surface area contributed by atoms with Crippen molar-refractivity contribution in [3.05, 3.63) is 35.9 Å². The Labute approximate surface area is 208 Å². The Balaban J connectivity index is 1.28. The second-order valence-electron chi connectivity index (χ2n) is 8.86. The Hall–Kier alpha value is -3.70. The first kappa shape index (κ1) is 25.4. The second kappa shape index (κ2) is 11.4. The van der Waals surface area contributed by atoms with Crippen molar-refractivity contribution in [2.24, 2.45) is 0 Å². The lowest BCUT2D eigenvalue weighted by Crippen LogP contribution is -2.49. The lowest BCUT2D eigenvalue weighted by atomic mass is 10.2. The quantitative estimate of drug-likeness (QED) is 0.480. The Morgan fingerprint density at radius 3 is 2.64 bits per heavy atom. The van der Waals surface area contributed by atoms with Crippen molar-refractivity contribution in [2.45, 2.75) is 45.8 Å². The summed E-state index contributed by atoms with van der Waals surface area (Å²) >= 11 is 0. The normalized spacial score (nSPS) is 17.9. The maximum Gasteiger partial charge on any atom is 0.414 e. The van der Waals surface area contributed by atoms with Gasteiger partial charge in [0, 0.05) is 45.2 Å². The SMILES string of the molecule is CCOC(=O)CCCC(=O)N1CCN(c2ccc(N3C[C@H](Cn4cc(C)nn4)OC3=O)cc2F)CC1. The zero-order valence-electron chi connectivity index (χ0n) is 20.6. The van der Waals surface area contributed by atoms with Gasteiger partial charge in [-0.05, 0) is 38.5 Å². The standard InChI is InChI=1S/C24H31FN6O5/c1-3-35-23(33)6-4-5-22(32)29-11-9-28(10-12-29)21-8-7-18(13-20(21)25)31-16-19(36-24(31)34)15-30-14-17(2)26-27-30/h7-8,13-14,19H,3-6,9-12,15-16H2,1-2H3/t19-/m0/s1. The fourth-order valence-electron chi connectivity index (χ4n) is 4.41. The van der Waals surface area contributed by atoms with Crippen LogP contribution >= 0.6 is 0 Å². The number of hydrogen-bond acceptors (Lipinski definition) is 8. The van der Waals surface area contributed by atoms with Crippen molar-refractivity contribution in [1.82, 2.24) is 19.9 Å². The summed E-state index contributed by atoms with van der Waals surface area (Å²) in [5.41, 5.74) is 1.62. The summed E-state index contributed by atoms with van der Waals surface area (Å²) in [5, 5.41) is 7.90. The minimum absolute atomic E-state index is 0.0158. The van der Waals surface area contributed by atoms with Gasteiger partial charge in [-0.15, -0.1) is 5.10 Å². The summed E-state index contributed by atoms with van der Waals surface area (Å²) in [6, 6.07) is 4.70. The number of esters is 1. The number of ether oxygens (including phenoxy) is 2. The molecule has 3 heterocycles. The molecule has 1 atom stereocenters. The summed E-state index contributed by atoms with van der Waals surface area (Å²) < 4.78 is 27.0. The highest BCUT2D eigenvalue weighted by Gasteiger charge is 2.33. The molecule has 2 aliphatic rings. The molecular formula is C24H31FN6O5. The van der Waals surface area contributed by atoms with E-state index in [2.05, 4.69) is 10.3 Å². The average molecular weight is 503 g/mol. The molecule has 2 amide bonds. The monoisotopic (exact) mass is 502 g/mol. The Bertz CT molecular complexity index is 1100. The Kier molecular flexibility index (Phi) is 8.01. The summed E-state index contributed by atoms with van der Waals surface area (Å²) in [5.74, 6) is -0.750. The van der Waals surface area contributed by atoms with Crippen molar-refractivity contribution < 1.29 is 28.2 Å². The Morgan fingerprint density at radius 1 is 1.19 bits per heavy atom. The minimum Gasteiger partial charge on any atom is -0.466 e. The van der Waals surface area contributed by atoms with E-state index in [1.165, 1.54) is 11.0 Å². The van der Waals surface area contributed by atoms with Crippen molar-refractivity contribution in [3.63, 3.8) is 0 Å². The van der Waals surface area contributed by atoms with Crippen molar-refractivity contribution in [2.75, 3.05) is 49.1 Å². The molecule has 0 bridgehead atoms. The van der Waals surface area contributed by atoms with Gasteiger partial charge in [-0.25, -0.2) is 13.9 Å². The van der Waals surface area contributed by atoms with Crippen LogP contribution in [0.2, 0.25) is 0 Å². The van der Waals surface area contributed by atoms with Gasteiger partial charge in [0.1, 0.15) is 11.9 Å². The van der Waals surface area contributed by atoms with E-state index in [9.17, 15) is 14.4 Å². The van der Waals surface area contributed by atoms with Crippen molar-refractivity contribution in [1.29, 1.82) is 0 Å². The molecule has 194 valence electrons. The molecule has 2 saturated heterocycles. The predicted octanol–water partition coefficient (Wildman–Crippen LogP) is 2.13. The third-order valence-electron chi connectivity index (χ3n) is 6.21. The molecule has 36 heavy (non-hydrogen) atoms. The summed E-state index contributed by atoms with van der Waals surface area (Å²) in [4.78, 5) is 41.3. The molecule has 0 spiro atoms. The van der Waals surface area contributed by atoms with E-state index >= 15 is 4.39 Å². The summed E-state index contributed by atoms with van der Waals surface area (Å²) in [6.07, 6.45) is 1.78. The number of halogens is 1. The highest BCUT2D eigenvalue weighted by molar-refractivity contribution is 5.90. The fourth-order valence-corrected chi connectivity index (χ4v) is 4.41. The number of carbonyl (C=O) groups excluding carboxylic acids is 3. The van der Waals surface area contributed by atoms with Crippen LogP contribution in [0.15, 0.2) is 24.4 Å². The van der Waals surface area contributed by atoms with Gasteiger partial charge in [0.25, 0.3) is 0 Å².